The van der Waals surface area contributed by atoms with E-state index in [1.54, 1.807) is 0 Å². The molecule has 0 fully saturated rings. The maximum atomic E-state index is 4.70. The summed E-state index contributed by atoms with van der Waals surface area (Å²) in [6, 6.07) is 19.7. The molecule has 0 spiro atoms. The molecular weight excluding hydrogens is 292 g/mol. The van der Waals surface area contributed by atoms with E-state index >= 15 is 0 Å². The maximum Gasteiger partial charge on any atom is 0.141 e. The summed E-state index contributed by atoms with van der Waals surface area (Å²) in [5, 5.41) is 2.41. The van der Waals surface area contributed by atoms with Crippen LogP contribution in [0.3, 0.4) is 0 Å². The van der Waals surface area contributed by atoms with E-state index in [2.05, 4.69) is 94.1 Å². The van der Waals surface area contributed by atoms with Gasteiger partial charge in [-0.2, -0.15) is 0 Å². The van der Waals surface area contributed by atoms with Gasteiger partial charge < -0.3 is 4.90 Å². The van der Waals surface area contributed by atoms with Gasteiger partial charge in [-0.1, -0.05) is 57.2 Å². The molecule has 0 atom stereocenters. The van der Waals surface area contributed by atoms with Crippen LogP contribution in [0.5, 0.6) is 0 Å². The molecule has 0 saturated heterocycles. The van der Waals surface area contributed by atoms with Crippen LogP contribution in [0.4, 0.5) is 11.5 Å². The van der Waals surface area contributed by atoms with Crippen molar-refractivity contribution in [1.29, 1.82) is 0 Å². The van der Waals surface area contributed by atoms with Gasteiger partial charge in [0.25, 0.3) is 0 Å². The number of anilines is 2. The van der Waals surface area contributed by atoms with Crippen molar-refractivity contribution in [3.8, 4) is 0 Å². The number of rotatable bonds is 3. The highest BCUT2D eigenvalue weighted by atomic mass is 15.2. The lowest BCUT2D eigenvalue weighted by Gasteiger charge is -2.30. The number of pyridine rings is 1. The summed E-state index contributed by atoms with van der Waals surface area (Å²) in [4.78, 5) is 7.02. The summed E-state index contributed by atoms with van der Waals surface area (Å²) in [6.07, 6.45) is 1.90. The molecule has 2 aromatic carbocycles. The molecule has 0 amide bonds. The summed E-state index contributed by atoms with van der Waals surface area (Å²) in [6.45, 7) is 11.2. The van der Waals surface area contributed by atoms with E-state index in [0.29, 0.717) is 6.04 Å². The minimum Gasteiger partial charge on any atom is -0.323 e. The van der Waals surface area contributed by atoms with Crippen LogP contribution in [0, 0.1) is 0 Å². The molecule has 0 aliphatic carbocycles. The van der Waals surface area contributed by atoms with Gasteiger partial charge in [0.1, 0.15) is 5.82 Å². The van der Waals surface area contributed by atoms with Gasteiger partial charge in [-0.15, -0.1) is 0 Å². The van der Waals surface area contributed by atoms with Crippen LogP contribution in [-0.2, 0) is 5.41 Å². The molecule has 0 N–H and O–H groups in total. The molecular formula is C22H26N2. The molecule has 0 unspecified atom stereocenters. The first-order valence-corrected chi connectivity index (χ1v) is 8.61. The van der Waals surface area contributed by atoms with Crippen LogP contribution in [0.1, 0.15) is 40.2 Å². The molecule has 0 bridgehead atoms. The fourth-order valence-corrected chi connectivity index (χ4v) is 3.08. The van der Waals surface area contributed by atoms with Crippen molar-refractivity contribution in [2.75, 3.05) is 4.90 Å². The number of aromatic nitrogens is 1. The van der Waals surface area contributed by atoms with E-state index in [9.17, 15) is 0 Å². The third kappa shape index (κ3) is 3.14. The van der Waals surface area contributed by atoms with E-state index in [-0.39, 0.29) is 5.41 Å². The first-order chi connectivity index (χ1) is 11.4. The summed E-state index contributed by atoms with van der Waals surface area (Å²) in [5.41, 5.74) is 2.70. The van der Waals surface area contributed by atoms with Crippen LogP contribution < -0.4 is 4.90 Å². The predicted molar refractivity (Wildman–Crippen MR) is 104 cm³/mol. The third-order valence-corrected chi connectivity index (χ3v) is 4.41. The van der Waals surface area contributed by atoms with Crippen molar-refractivity contribution in [1.82, 2.24) is 4.98 Å². The summed E-state index contributed by atoms with van der Waals surface area (Å²) < 4.78 is 0. The Bertz CT molecular complexity index is 821. The molecule has 2 nitrogen and oxygen atoms in total. The first kappa shape index (κ1) is 16.5. The Kier molecular flexibility index (Phi) is 4.31. The van der Waals surface area contributed by atoms with Gasteiger partial charge in [-0.3, -0.25) is 0 Å². The fraction of sp³-hybridized carbons (Fsp3) is 0.318. The van der Waals surface area contributed by atoms with E-state index < -0.39 is 0 Å². The summed E-state index contributed by atoms with van der Waals surface area (Å²) >= 11 is 0. The quantitative estimate of drug-likeness (QED) is 0.582. The molecule has 0 aliphatic heterocycles. The van der Waals surface area contributed by atoms with Gasteiger partial charge in [-0.05, 0) is 48.4 Å². The van der Waals surface area contributed by atoms with Crippen molar-refractivity contribution < 1.29 is 0 Å². The minimum absolute atomic E-state index is 0.166. The Morgan fingerprint density at radius 1 is 0.875 bits per heavy atom. The molecule has 24 heavy (non-hydrogen) atoms. The van der Waals surface area contributed by atoms with Crippen LogP contribution in [0.15, 0.2) is 60.8 Å². The van der Waals surface area contributed by atoms with Gasteiger partial charge in [0.15, 0.2) is 0 Å². The molecule has 2 heteroatoms. The molecule has 1 aromatic heterocycles. The van der Waals surface area contributed by atoms with Crippen LogP contribution in [0.25, 0.3) is 10.8 Å². The van der Waals surface area contributed by atoms with Gasteiger partial charge in [0, 0.05) is 23.3 Å². The van der Waals surface area contributed by atoms with E-state index in [0.717, 1.165) is 5.82 Å². The average molecular weight is 318 g/mol. The van der Waals surface area contributed by atoms with E-state index in [4.69, 9.17) is 4.98 Å². The Balaban J connectivity index is 2.10. The lowest BCUT2D eigenvalue weighted by molar-refractivity contribution is 0.590. The fourth-order valence-electron chi connectivity index (χ4n) is 3.08. The lowest BCUT2D eigenvalue weighted by atomic mass is 9.87. The Morgan fingerprint density at radius 2 is 1.54 bits per heavy atom. The second-order valence-electron chi connectivity index (χ2n) is 7.62. The number of benzene rings is 2. The molecule has 0 radical (unpaired) electrons. The van der Waals surface area contributed by atoms with Crippen LogP contribution >= 0.6 is 0 Å². The zero-order valence-corrected chi connectivity index (χ0v) is 15.2. The number of hydrogen-bond acceptors (Lipinski definition) is 2. The minimum atomic E-state index is 0.166. The summed E-state index contributed by atoms with van der Waals surface area (Å²) in [7, 11) is 0. The molecule has 0 saturated carbocycles. The second-order valence-corrected chi connectivity index (χ2v) is 7.62. The van der Waals surface area contributed by atoms with Crippen molar-refractivity contribution in [2.24, 2.45) is 0 Å². The summed E-state index contributed by atoms with van der Waals surface area (Å²) in [5.74, 6) is 1.02. The van der Waals surface area contributed by atoms with E-state index in [1.807, 2.05) is 6.20 Å². The van der Waals surface area contributed by atoms with Crippen molar-refractivity contribution in [3.05, 3.63) is 66.4 Å². The lowest BCUT2D eigenvalue weighted by Crippen LogP contribution is -2.26. The van der Waals surface area contributed by atoms with Crippen LogP contribution in [0.2, 0.25) is 0 Å². The molecule has 3 aromatic rings. The zero-order chi connectivity index (χ0) is 17.3. The molecule has 0 aliphatic rings. The van der Waals surface area contributed by atoms with E-state index in [1.165, 1.54) is 22.0 Å². The van der Waals surface area contributed by atoms with Gasteiger partial charge in [-0.25, -0.2) is 4.98 Å². The largest absolute Gasteiger partial charge is 0.323 e. The maximum absolute atomic E-state index is 4.70. The monoisotopic (exact) mass is 318 g/mol. The Labute approximate surface area is 145 Å². The Morgan fingerprint density at radius 3 is 2.17 bits per heavy atom. The number of fused-ring (bicyclic) bond motifs is 1. The highest BCUT2D eigenvalue weighted by molar-refractivity contribution is 5.94. The predicted octanol–water partition coefficient (Wildman–Crippen LogP) is 6.08. The molecule has 3 rings (SSSR count). The Hall–Kier alpha value is -2.35. The standard InChI is InChI=1S/C22H26N2/c1-16(2)24(19-12-10-18(11-13-19)22(3,4)5)21-20-9-7-6-8-17(20)14-15-23-21/h6-16H,1-5H3. The first-order valence-electron chi connectivity index (χ1n) is 8.61. The number of hydrogen-bond donors (Lipinski definition) is 0. The average Bonchev–Trinajstić information content (AvgIpc) is 2.55. The zero-order valence-electron chi connectivity index (χ0n) is 15.2. The van der Waals surface area contributed by atoms with Crippen LogP contribution in [-0.4, -0.2) is 11.0 Å². The molecule has 124 valence electrons. The van der Waals surface area contributed by atoms with Crippen molar-refractivity contribution >= 4 is 22.3 Å². The van der Waals surface area contributed by atoms with Gasteiger partial charge in [0.05, 0.1) is 0 Å². The highest BCUT2D eigenvalue weighted by Gasteiger charge is 2.19. The van der Waals surface area contributed by atoms with Crippen molar-refractivity contribution in [3.63, 3.8) is 0 Å². The topological polar surface area (TPSA) is 16.1 Å². The third-order valence-electron chi connectivity index (χ3n) is 4.41. The van der Waals surface area contributed by atoms with Gasteiger partial charge >= 0.3 is 0 Å². The highest BCUT2D eigenvalue weighted by Crippen LogP contribution is 2.33. The SMILES string of the molecule is CC(C)N(c1ccc(C(C)(C)C)cc1)c1nccc2ccccc12. The number of nitrogens with zero attached hydrogens (tertiary/aromatic N) is 2. The normalized spacial score (nSPS) is 11.9. The van der Waals surface area contributed by atoms with Gasteiger partial charge in [0.2, 0.25) is 0 Å². The van der Waals surface area contributed by atoms with Crippen molar-refractivity contribution in [2.45, 2.75) is 46.1 Å². The molecule has 1 heterocycles. The second kappa shape index (κ2) is 6.27. The smallest absolute Gasteiger partial charge is 0.141 e.